The van der Waals surface area contributed by atoms with Crippen LogP contribution in [0.15, 0.2) is 18.2 Å². The first kappa shape index (κ1) is 22.1. The molecule has 2 rings (SSSR count). The Balaban J connectivity index is 2.54. The van der Waals surface area contributed by atoms with Gasteiger partial charge >= 0.3 is 0 Å². The van der Waals surface area contributed by atoms with Crippen LogP contribution < -0.4 is 26.8 Å². The van der Waals surface area contributed by atoms with Crippen molar-refractivity contribution >= 4 is 29.6 Å². The van der Waals surface area contributed by atoms with Crippen molar-refractivity contribution in [1.82, 2.24) is 9.97 Å². The number of hydrogen-bond donors (Lipinski definition) is 4. The minimum Gasteiger partial charge on any atom is -0.477 e. The number of anilines is 3. The molecule has 9 heteroatoms. The molecule has 0 aliphatic carbocycles. The van der Waals surface area contributed by atoms with Gasteiger partial charge in [-0.05, 0) is 56.5 Å². The molecule has 0 saturated carbocycles. The van der Waals surface area contributed by atoms with Crippen molar-refractivity contribution in [2.24, 2.45) is 17.4 Å². The van der Waals surface area contributed by atoms with E-state index in [-0.39, 0.29) is 35.7 Å². The van der Waals surface area contributed by atoms with Crippen LogP contribution in [0.25, 0.3) is 0 Å². The summed E-state index contributed by atoms with van der Waals surface area (Å²) in [7, 11) is 0. The van der Waals surface area contributed by atoms with Crippen LogP contribution in [0.3, 0.4) is 0 Å². The van der Waals surface area contributed by atoms with Gasteiger partial charge in [-0.2, -0.15) is 9.97 Å². The number of amides is 1. The maximum atomic E-state index is 12.1. The minimum atomic E-state index is -0.728. The number of hydrogen-bond acceptors (Lipinski definition) is 8. The summed E-state index contributed by atoms with van der Waals surface area (Å²) in [4.78, 5) is 32.2. The van der Waals surface area contributed by atoms with Crippen LogP contribution in [0.5, 0.6) is 5.88 Å². The molecule has 9 nitrogen and oxygen atoms in total. The largest absolute Gasteiger partial charge is 0.477 e. The Morgan fingerprint density at radius 3 is 2.41 bits per heavy atom. The van der Waals surface area contributed by atoms with Crippen molar-refractivity contribution in [3.63, 3.8) is 0 Å². The normalized spacial score (nSPS) is 12.7. The molecule has 0 aliphatic heterocycles. The van der Waals surface area contributed by atoms with Crippen LogP contribution in [0, 0.1) is 19.8 Å². The van der Waals surface area contributed by atoms with Crippen LogP contribution in [-0.4, -0.2) is 41.4 Å². The molecule has 6 N–H and O–H groups in total. The van der Waals surface area contributed by atoms with Crippen molar-refractivity contribution in [3.05, 3.63) is 34.9 Å². The van der Waals surface area contributed by atoms with Gasteiger partial charge in [0.05, 0.1) is 12.6 Å². The van der Waals surface area contributed by atoms with E-state index in [0.29, 0.717) is 6.54 Å². The van der Waals surface area contributed by atoms with E-state index in [2.05, 4.69) is 20.6 Å². The number of primary amides is 1. The second-order valence-corrected chi connectivity index (χ2v) is 6.89. The number of benzene rings is 1. The molecule has 0 bridgehead atoms. The monoisotopic (exact) mass is 400 g/mol. The lowest BCUT2D eigenvalue weighted by Gasteiger charge is -2.20. The second kappa shape index (κ2) is 9.83. The Morgan fingerprint density at radius 2 is 1.90 bits per heavy atom. The van der Waals surface area contributed by atoms with Crippen molar-refractivity contribution in [1.29, 1.82) is 0 Å². The lowest BCUT2D eigenvalue weighted by atomic mass is 10.0. The number of aryl methyl sites for hydroxylation is 2. The fourth-order valence-electron chi connectivity index (χ4n) is 2.85. The SMILES string of the molecule is CCOc1nc(NC(C=O)C(C)CN)nc(Nc2cc(C)cc(C)c2)c1C(N)=O. The van der Waals surface area contributed by atoms with E-state index in [9.17, 15) is 9.59 Å². The molecule has 0 spiro atoms. The summed E-state index contributed by atoms with van der Waals surface area (Å²) in [6.07, 6.45) is 0.750. The molecule has 0 radical (unpaired) electrons. The van der Waals surface area contributed by atoms with Gasteiger partial charge < -0.3 is 31.6 Å². The molecule has 2 atom stereocenters. The summed E-state index contributed by atoms with van der Waals surface area (Å²) >= 11 is 0. The van der Waals surface area contributed by atoms with E-state index >= 15 is 0 Å². The summed E-state index contributed by atoms with van der Waals surface area (Å²) in [6.45, 7) is 8.12. The number of rotatable bonds is 10. The van der Waals surface area contributed by atoms with Crippen LogP contribution in [0.1, 0.15) is 35.3 Å². The summed E-state index contributed by atoms with van der Waals surface area (Å²) in [5.74, 6) is -0.516. The third-order valence-corrected chi connectivity index (χ3v) is 4.31. The highest BCUT2D eigenvalue weighted by Crippen LogP contribution is 2.28. The molecule has 1 amide bonds. The van der Waals surface area contributed by atoms with Gasteiger partial charge in [-0.1, -0.05) is 13.0 Å². The van der Waals surface area contributed by atoms with E-state index in [1.807, 2.05) is 39.0 Å². The molecular weight excluding hydrogens is 372 g/mol. The maximum absolute atomic E-state index is 12.1. The van der Waals surface area contributed by atoms with Crippen molar-refractivity contribution < 1.29 is 14.3 Å². The first-order valence-electron chi connectivity index (χ1n) is 9.40. The Labute approximate surface area is 170 Å². The third-order valence-electron chi connectivity index (χ3n) is 4.31. The molecule has 1 heterocycles. The van der Waals surface area contributed by atoms with Crippen LogP contribution in [0.4, 0.5) is 17.5 Å². The Bertz CT molecular complexity index is 867. The number of carbonyl (C=O) groups is 2. The number of carbonyl (C=O) groups excluding carboxylic acids is 2. The number of nitrogens with two attached hydrogens (primary N) is 2. The zero-order valence-corrected chi connectivity index (χ0v) is 17.2. The molecule has 1 aromatic carbocycles. The highest BCUT2D eigenvalue weighted by molar-refractivity contribution is 6.00. The number of aldehydes is 1. The summed E-state index contributed by atoms with van der Waals surface area (Å²) in [5, 5.41) is 6.08. The summed E-state index contributed by atoms with van der Waals surface area (Å²) in [5.41, 5.74) is 14.1. The second-order valence-electron chi connectivity index (χ2n) is 6.89. The zero-order chi connectivity index (χ0) is 21.6. The van der Waals surface area contributed by atoms with Gasteiger partial charge in [0, 0.05) is 5.69 Å². The quantitative estimate of drug-likeness (QED) is 0.443. The van der Waals surface area contributed by atoms with Gasteiger partial charge in [0.2, 0.25) is 11.8 Å². The molecule has 156 valence electrons. The lowest BCUT2D eigenvalue weighted by molar-refractivity contribution is -0.109. The first-order chi connectivity index (χ1) is 13.8. The Morgan fingerprint density at radius 1 is 1.24 bits per heavy atom. The molecule has 1 aromatic heterocycles. The van der Waals surface area contributed by atoms with Crippen LogP contribution >= 0.6 is 0 Å². The predicted molar refractivity (Wildman–Crippen MR) is 113 cm³/mol. The molecule has 29 heavy (non-hydrogen) atoms. The maximum Gasteiger partial charge on any atom is 0.258 e. The van der Waals surface area contributed by atoms with Crippen LogP contribution in [-0.2, 0) is 4.79 Å². The van der Waals surface area contributed by atoms with Gasteiger partial charge in [-0.15, -0.1) is 0 Å². The number of aromatic nitrogens is 2. The van der Waals surface area contributed by atoms with Crippen molar-refractivity contribution in [2.45, 2.75) is 33.7 Å². The molecular formula is C20H28N6O3. The van der Waals surface area contributed by atoms with E-state index in [4.69, 9.17) is 16.2 Å². The van der Waals surface area contributed by atoms with E-state index < -0.39 is 11.9 Å². The highest BCUT2D eigenvalue weighted by atomic mass is 16.5. The van der Waals surface area contributed by atoms with Gasteiger partial charge in [0.25, 0.3) is 5.91 Å². The average Bonchev–Trinajstić information content (AvgIpc) is 2.64. The third kappa shape index (κ3) is 5.64. The van der Waals surface area contributed by atoms with Crippen molar-refractivity contribution in [2.75, 3.05) is 23.8 Å². The smallest absolute Gasteiger partial charge is 0.258 e. The van der Waals surface area contributed by atoms with Gasteiger partial charge in [-0.3, -0.25) is 4.79 Å². The lowest BCUT2D eigenvalue weighted by Crippen LogP contribution is -2.34. The van der Waals surface area contributed by atoms with Crippen molar-refractivity contribution in [3.8, 4) is 5.88 Å². The van der Waals surface area contributed by atoms with E-state index in [0.717, 1.165) is 23.1 Å². The van der Waals surface area contributed by atoms with E-state index in [1.54, 1.807) is 6.92 Å². The Hall–Kier alpha value is -3.20. The highest BCUT2D eigenvalue weighted by Gasteiger charge is 2.23. The van der Waals surface area contributed by atoms with Gasteiger partial charge in [0.15, 0.2) is 5.82 Å². The number of ether oxygens (including phenoxy) is 1. The number of nitrogens with one attached hydrogen (secondary N) is 2. The van der Waals surface area contributed by atoms with Gasteiger partial charge in [0.1, 0.15) is 11.8 Å². The average molecular weight is 400 g/mol. The Kier molecular flexibility index (Phi) is 7.49. The minimum absolute atomic E-state index is 0.0334. The fourth-order valence-corrected chi connectivity index (χ4v) is 2.85. The molecule has 2 aromatic rings. The van der Waals surface area contributed by atoms with E-state index in [1.165, 1.54) is 0 Å². The standard InChI is InChI=1S/C20H28N6O3/c1-5-29-19-16(17(22)28)18(23-14-7-11(2)6-12(3)8-14)25-20(26-19)24-15(10-27)13(4)9-21/h6-8,10,13,15H,5,9,21H2,1-4H3,(H2,22,28)(H2,23,24,25,26). The van der Waals surface area contributed by atoms with Gasteiger partial charge in [-0.25, -0.2) is 0 Å². The summed E-state index contributed by atoms with van der Waals surface area (Å²) < 4.78 is 5.52. The molecule has 0 aliphatic rings. The zero-order valence-electron chi connectivity index (χ0n) is 17.2. The van der Waals surface area contributed by atoms with Crippen LogP contribution in [0.2, 0.25) is 0 Å². The predicted octanol–water partition coefficient (Wildman–Crippen LogP) is 1.91. The summed E-state index contributed by atoms with van der Waals surface area (Å²) in [6, 6.07) is 5.26. The molecule has 0 saturated heterocycles. The molecule has 2 unspecified atom stereocenters. The first-order valence-corrected chi connectivity index (χ1v) is 9.40. The molecule has 0 fully saturated rings. The topological polar surface area (TPSA) is 145 Å². The number of nitrogens with zero attached hydrogens (tertiary/aromatic N) is 2. The fraction of sp³-hybridized carbons (Fsp3) is 0.400.